The van der Waals surface area contributed by atoms with Crippen LogP contribution in [0.1, 0.15) is 81.6 Å². The first-order chi connectivity index (χ1) is 30.9. The number of nitrogens with one attached hydrogen (secondary N) is 5. The molecule has 0 aliphatic carbocycles. The van der Waals surface area contributed by atoms with Crippen LogP contribution in [-0.4, -0.2) is 148 Å². The molecule has 3 atom stereocenters. The van der Waals surface area contributed by atoms with Gasteiger partial charge in [0.25, 0.3) is 0 Å². The van der Waals surface area contributed by atoms with Crippen LogP contribution in [-0.2, 0) is 39.8 Å². The van der Waals surface area contributed by atoms with Gasteiger partial charge >= 0.3 is 26.4 Å². The second-order valence-corrected chi connectivity index (χ2v) is 52.8. The molecule has 0 saturated heterocycles. The van der Waals surface area contributed by atoms with Gasteiger partial charge in [-0.05, 0) is 93.8 Å². The van der Waals surface area contributed by atoms with Gasteiger partial charge in [-0.3, -0.25) is 20.3 Å². The Hall–Kier alpha value is 1.43. The molecular formula is C40H103N8O9P3Si6. The highest BCUT2D eigenvalue weighted by molar-refractivity contribution is 7.84. The minimum Gasteiger partial charge on any atom is -0.374 e. The van der Waals surface area contributed by atoms with Crippen molar-refractivity contribution in [2.75, 3.05) is 97.6 Å². The van der Waals surface area contributed by atoms with Crippen LogP contribution in [0.5, 0.6) is 0 Å². The smallest absolute Gasteiger partial charge is 0.374 e. The minimum absolute atomic E-state index is 0.342. The topological polar surface area (TPSA) is 180 Å². The quantitative estimate of drug-likeness (QED) is 0.0221. The number of hydrogen-bond acceptors (Lipinski definition) is 17. The molecule has 0 aromatic carbocycles. The molecule has 66 heavy (non-hydrogen) atoms. The Morgan fingerprint density at radius 2 is 0.667 bits per heavy atom. The van der Waals surface area contributed by atoms with E-state index in [1.807, 2.05) is 62.3 Å². The number of hydrogen-bond donors (Lipinski definition) is 5. The molecule has 0 aromatic heterocycles. The second-order valence-electron chi connectivity index (χ2n) is 20.0. The van der Waals surface area contributed by atoms with E-state index < -0.39 is 73.0 Å². The lowest BCUT2D eigenvalue weighted by molar-refractivity contribution is 0.0701. The average Bonchev–Trinajstić information content (AvgIpc) is 3.21. The summed E-state index contributed by atoms with van der Waals surface area (Å²) in [4.78, 5) is 0. The predicted octanol–water partition coefficient (Wildman–Crippen LogP) is 11.3. The van der Waals surface area contributed by atoms with Crippen molar-refractivity contribution in [3.8, 4) is 0 Å². The molecule has 0 amide bonds. The third-order valence-electron chi connectivity index (χ3n) is 10.1. The van der Waals surface area contributed by atoms with E-state index in [1.54, 1.807) is 0 Å². The van der Waals surface area contributed by atoms with Gasteiger partial charge in [0, 0.05) is 113 Å². The molecule has 0 radical (unpaired) electrons. The van der Waals surface area contributed by atoms with Gasteiger partial charge in [-0.2, -0.15) is 13.5 Å². The molecule has 0 fully saturated rings. The molecule has 0 bridgehead atoms. The molecule has 1 aliphatic rings. The van der Waals surface area contributed by atoms with Gasteiger partial charge in [0.05, 0.1) is 14.2 Å². The molecule has 3 unspecified atom stereocenters. The van der Waals surface area contributed by atoms with E-state index in [0.29, 0.717) is 90.8 Å². The first kappa shape index (κ1) is 65.4. The summed E-state index contributed by atoms with van der Waals surface area (Å²) in [6, 6.07) is 3.65. The fourth-order valence-electron chi connectivity index (χ4n) is 7.21. The van der Waals surface area contributed by atoms with E-state index in [4.69, 9.17) is 53.4 Å². The van der Waals surface area contributed by atoms with Crippen LogP contribution >= 0.6 is 22.4 Å². The Bertz CT molecular complexity index is 1460. The maximum atomic E-state index is 6.49. The fourth-order valence-corrected chi connectivity index (χ4v) is 35.3. The molecule has 0 saturated carbocycles. The Morgan fingerprint density at radius 3 is 1.03 bits per heavy atom. The lowest BCUT2D eigenvalue weighted by atomic mass is 10.5. The predicted molar refractivity (Wildman–Crippen MR) is 298 cm³/mol. The maximum absolute atomic E-state index is 6.49. The van der Waals surface area contributed by atoms with E-state index in [2.05, 4.69) is 84.4 Å². The van der Waals surface area contributed by atoms with Gasteiger partial charge < -0.3 is 39.8 Å². The summed E-state index contributed by atoms with van der Waals surface area (Å²) in [5, 5.41) is 20.4. The van der Waals surface area contributed by atoms with Crippen LogP contribution in [0, 0.1) is 0 Å². The highest BCUT2D eigenvalue weighted by Gasteiger charge is 2.46. The van der Waals surface area contributed by atoms with E-state index in [-0.39, 0.29) is 0 Å². The molecule has 0 spiro atoms. The lowest BCUT2D eigenvalue weighted by Gasteiger charge is -2.40. The fraction of sp³-hybridized carbons (Fsp3) is 1.00. The molecule has 396 valence electrons. The normalized spacial score (nSPS) is 21.2. The van der Waals surface area contributed by atoms with E-state index >= 15 is 0 Å². The molecule has 5 N–H and O–H groups in total. The Kier molecular flexibility index (Phi) is 31.6. The number of rotatable bonds is 42. The van der Waals surface area contributed by atoms with Crippen LogP contribution in [0.4, 0.5) is 0 Å². The zero-order valence-corrected chi connectivity index (χ0v) is 54.1. The molecule has 17 nitrogen and oxygen atoms in total. The standard InChI is InChI=1S/C40H103N8O9P3Si6/c1-19-49-64(50-20-2,51-21-3)36-29-32-42-59(44-39-63(16,17)18)46-58(34-38-62(13,14)15,41-31-28-35-61(10,11)12)47-60(48-59,45-40-66(55-25-7,56-26-8)57-27-9)43-33-30-37-65(52-22-4,53-23-5)54-24-6/h41-45H,19-40H2,1-18H3. The van der Waals surface area contributed by atoms with Gasteiger partial charge in [0.15, 0.2) is 0 Å². The van der Waals surface area contributed by atoms with Crippen LogP contribution in [0.2, 0.25) is 83.1 Å². The summed E-state index contributed by atoms with van der Waals surface area (Å²) in [5.74, 6) is 0. The van der Waals surface area contributed by atoms with Crippen molar-refractivity contribution >= 4 is 73.0 Å². The van der Waals surface area contributed by atoms with Crippen molar-refractivity contribution in [1.82, 2.24) is 25.4 Å². The van der Waals surface area contributed by atoms with Crippen molar-refractivity contribution in [2.24, 2.45) is 13.5 Å². The summed E-state index contributed by atoms with van der Waals surface area (Å²) in [7, 11) is -22.3. The van der Waals surface area contributed by atoms with Crippen LogP contribution < -0.4 is 25.4 Å². The van der Waals surface area contributed by atoms with Crippen molar-refractivity contribution in [3.63, 3.8) is 0 Å². The highest BCUT2D eigenvalue weighted by Crippen LogP contribution is 2.72. The number of nitrogens with zero attached hydrogens (tertiary/aromatic N) is 3. The first-order valence-electron chi connectivity index (χ1n) is 25.3. The molecule has 0 aromatic rings. The SMILES string of the molecule is CCO[Si](CCCNP1(NC[Si](C)(C)C)=NP(CC[Si](C)(C)C)(NCCC[Si](C)(C)C)=NP(NCCC[Si](OCC)(OCC)OCC)(NC[Si](OCC)(OCC)OCC)=N1)(OCC)OCC. The summed E-state index contributed by atoms with van der Waals surface area (Å²) < 4.78 is 75.5. The molecule has 1 aliphatic heterocycles. The minimum atomic E-state index is -3.24. The molecular weight excluding hydrogens is 998 g/mol. The van der Waals surface area contributed by atoms with Gasteiger partial charge in [-0.25, -0.2) is 5.09 Å². The van der Waals surface area contributed by atoms with Crippen molar-refractivity contribution in [3.05, 3.63) is 0 Å². The average molecular weight is 1100 g/mol. The van der Waals surface area contributed by atoms with E-state index in [9.17, 15) is 0 Å². The van der Waals surface area contributed by atoms with Crippen molar-refractivity contribution in [1.29, 1.82) is 0 Å². The van der Waals surface area contributed by atoms with Crippen LogP contribution in [0.25, 0.3) is 0 Å². The third kappa shape index (κ3) is 25.4. The summed E-state index contributed by atoms with van der Waals surface area (Å²) in [5.41, 5.74) is 0. The monoisotopic (exact) mass is 1100 g/mol. The highest BCUT2D eigenvalue weighted by atomic mass is 31.3. The first-order valence-corrected chi connectivity index (χ1v) is 47.5. The second kappa shape index (κ2) is 31.9. The van der Waals surface area contributed by atoms with Crippen molar-refractivity contribution in [2.45, 2.75) is 165 Å². The summed E-state index contributed by atoms with van der Waals surface area (Å²) in [6.07, 6.45) is 4.63. The molecule has 1 rings (SSSR count). The van der Waals surface area contributed by atoms with Gasteiger partial charge in [-0.15, -0.1) is 0 Å². The summed E-state index contributed by atoms with van der Waals surface area (Å²) in [6.45, 7) is 46.7. The Labute approximate surface area is 412 Å². The molecule has 1 heterocycles. The van der Waals surface area contributed by atoms with Gasteiger partial charge in [0.2, 0.25) is 15.0 Å². The molecule has 26 heteroatoms. The van der Waals surface area contributed by atoms with Crippen LogP contribution in [0.3, 0.4) is 0 Å². The lowest BCUT2D eigenvalue weighted by Crippen LogP contribution is -2.54. The maximum Gasteiger partial charge on any atom is 0.515 e. The summed E-state index contributed by atoms with van der Waals surface area (Å²) >= 11 is 0. The van der Waals surface area contributed by atoms with E-state index in [1.165, 1.54) is 6.04 Å². The Morgan fingerprint density at radius 1 is 0.333 bits per heavy atom. The van der Waals surface area contributed by atoms with E-state index in [0.717, 1.165) is 44.2 Å². The largest absolute Gasteiger partial charge is 0.515 e. The Balaban J connectivity index is 4.39. The zero-order chi connectivity index (χ0) is 50.1. The van der Waals surface area contributed by atoms with Gasteiger partial charge in [0.1, 0.15) is 7.36 Å². The zero-order valence-electron chi connectivity index (χ0n) is 45.4. The van der Waals surface area contributed by atoms with Gasteiger partial charge in [-0.1, -0.05) is 65.0 Å². The van der Waals surface area contributed by atoms with Crippen molar-refractivity contribution < 1.29 is 39.8 Å². The third-order valence-corrected chi connectivity index (χ3v) is 35.6. The van der Waals surface area contributed by atoms with Crippen LogP contribution in [0.15, 0.2) is 13.5 Å².